The van der Waals surface area contributed by atoms with Crippen LogP contribution in [0.1, 0.15) is 33.7 Å². The van der Waals surface area contributed by atoms with Gasteiger partial charge in [0.25, 0.3) is 5.91 Å². The van der Waals surface area contributed by atoms with Crippen LogP contribution in [0.3, 0.4) is 0 Å². The maximum absolute atomic E-state index is 11.7. The van der Waals surface area contributed by atoms with Gasteiger partial charge in [-0.25, -0.2) is 9.78 Å². The molecule has 0 radical (unpaired) electrons. The van der Waals surface area contributed by atoms with Crippen LogP contribution in [0.15, 0.2) is 18.3 Å². The highest BCUT2D eigenvalue weighted by Crippen LogP contribution is 2.10. The predicted molar refractivity (Wildman–Crippen MR) is 62.5 cm³/mol. The molecule has 1 unspecified atom stereocenters. The minimum Gasteiger partial charge on any atom is -0.477 e. The molecule has 1 aliphatic rings. The summed E-state index contributed by atoms with van der Waals surface area (Å²) in [5.74, 6) is -1.38. The largest absolute Gasteiger partial charge is 0.477 e. The van der Waals surface area contributed by atoms with Crippen LogP contribution in [0.4, 0.5) is 0 Å². The van der Waals surface area contributed by atoms with E-state index < -0.39 is 5.97 Å². The number of aromatic nitrogens is 1. The maximum atomic E-state index is 11.7. The second-order valence-corrected chi connectivity index (χ2v) is 4.08. The summed E-state index contributed by atoms with van der Waals surface area (Å²) in [4.78, 5) is 26.0. The van der Waals surface area contributed by atoms with Crippen LogP contribution in [0.25, 0.3) is 0 Å². The van der Waals surface area contributed by atoms with Crippen LogP contribution in [0.2, 0.25) is 0 Å². The molecule has 1 amide bonds. The Morgan fingerprint density at radius 3 is 2.89 bits per heavy atom. The number of aromatic carboxylic acids is 1. The zero-order valence-corrected chi connectivity index (χ0v) is 9.76. The molecule has 1 atom stereocenters. The van der Waals surface area contributed by atoms with E-state index in [2.05, 4.69) is 10.3 Å². The summed E-state index contributed by atoms with van der Waals surface area (Å²) in [6.45, 7) is 1.22. The number of carbonyl (C=O) groups excluding carboxylic acids is 1. The topological polar surface area (TPSA) is 88.5 Å². The number of amides is 1. The fraction of sp³-hybridized carbons (Fsp3) is 0.417. The molecule has 0 aromatic carbocycles. The molecule has 1 aromatic heterocycles. The number of pyridine rings is 1. The molecule has 18 heavy (non-hydrogen) atoms. The van der Waals surface area contributed by atoms with Crippen molar-refractivity contribution >= 4 is 11.9 Å². The summed E-state index contributed by atoms with van der Waals surface area (Å²) in [6.07, 6.45) is 3.32. The summed E-state index contributed by atoms with van der Waals surface area (Å²) in [5, 5.41) is 11.4. The molecule has 0 spiro atoms. The Bertz CT molecular complexity index is 438. The van der Waals surface area contributed by atoms with E-state index in [4.69, 9.17) is 9.84 Å². The highest BCUT2D eigenvalue weighted by molar-refractivity contribution is 5.94. The Hall–Kier alpha value is -1.95. The van der Waals surface area contributed by atoms with E-state index in [0.717, 1.165) is 19.4 Å². The van der Waals surface area contributed by atoms with E-state index in [1.165, 1.54) is 18.3 Å². The van der Waals surface area contributed by atoms with Gasteiger partial charge in [0.1, 0.15) is 5.69 Å². The van der Waals surface area contributed by atoms with Crippen molar-refractivity contribution in [1.82, 2.24) is 10.3 Å². The van der Waals surface area contributed by atoms with Crippen LogP contribution in [0.5, 0.6) is 0 Å². The molecular formula is C12H14N2O4. The first-order valence-corrected chi connectivity index (χ1v) is 5.76. The zero-order chi connectivity index (χ0) is 13.0. The van der Waals surface area contributed by atoms with Crippen LogP contribution in [-0.2, 0) is 4.74 Å². The number of hydrogen-bond acceptors (Lipinski definition) is 4. The lowest BCUT2D eigenvalue weighted by molar-refractivity contribution is 0.0689. The van der Waals surface area contributed by atoms with Crippen LogP contribution in [-0.4, -0.2) is 41.2 Å². The molecular weight excluding hydrogens is 236 g/mol. The lowest BCUT2D eigenvalue weighted by Gasteiger charge is -2.10. The highest BCUT2D eigenvalue weighted by Gasteiger charge is 2.16. The lowest BCUT2D eigenvalue weighted by Crippen LogP contribution is -2.31. The summed E-state index contributed by atoms with van der Waals surface area (Å²) in [5.41, 5.74) is 0.267. The number of hydrogen-bond donors (Lipinski definition) is 2. The third-order valence-electron chi connectivity index (χ3n) is 2.76. The molecule has 2 rings (SSSR count). The monoisotopic (exact) mass is 250 g/mol. The average molecular weight is 250 g/mol. The predicted octanol–water partition coefficient (Wildman–Crippen LogP) is 0.689. The minimum absolute atomic E-state index is 0.0781. The Balaban J connectivity index is 1.89. The van der Waals surface area contributed by atoms with Crippen molar-refractivity contribution in [3.8, 4) is 0 Å². The Morgan fingerprint density at radius 2 is 2.33 bits per heavy atom. The van der Waals surface area contributed by atoms with Gasteiger partial charge in [-0.3, -0.25) is 4.79 Å². The summed E-state index contributed by atoms with van der Waals surface area (Å²) in [7, 11) is 0. The first-order chi connectivity index (χ1) is 8.66. The first kappa shape index (κ1) is 12.5. The average Bonchev–Trinajstić information content (AvgIpc) is 2.89. The molecule has 0 saturated carbocycles. The zero-order valence-electron chi connectivity index (χ0n) is 9.76. The minimum atomic E-state index is -1.11. The molecule has 1 saturated heterocycles. The number of nitrogens with zero attached hydrogens (tertiary/aromatic N) is 1. The molecule has 6 nitrogen and oxygen atoms in total. The van der Waals surface area contributed by atoms with Gasteiger partial charge in [-0.15, -0.1) is 0 Å². The molecule has 0 aliphatic carbocycles. The number of carboxylic acids is 1. The van der Waals surface area contributed by atoms with Gasteiger partial charge in [-0.1, -0.05) is 0 Å². The van der Waals surface area contributed by atoms with E-state index in [-0.39, 0.29) is 17.7 Å². The summed E-state index contributed by atoms with van der Waals surface area (Å²) >= 11 is 0. The molecule has 1 aliphatic heterocycles. The first-order valence-electron chi connectivity index (χ1n) is 5.76. The normalized spacial score (nSPS) is 18.6. The maximum Gasteiger partial charge on any atom is 0.354 e. The van der Waals surface area contributed by atoms with E-state index in [9.17, 15) is 9.59 Å². The Labute approximate surface area is 104 Å². The van der Waals surface area contributed by atoms with Crippen molar-refractivity contribution < 1.29 is 19.4 Å². The molecule has 0 bridgehead atoms. The van der Waals surface area contributed by atoms with Crippen molar-refractivity contribution in [2.45, 2.75) is 18.9 Å². The van der Waals surface area contributed by atoms with E-state index >= 15 is 0 Å². The van der Waals surface area contributed by atoms with Gasteiger partial charge in [-0.05, 0) is 25.0 Å². The SMILES string of the molecule is O=C(NCC1CCCO1)c1ccc(C(=O)O)nc1. The third kappa shape index (κ3) is 3.04. The van der Waals surface area contributed by atoms with Gasteiger partial charge in [0, 0.05) is 19.3 Å². The van der Waals surface area contributed by atoms with Gasteiger partial charge in [0.2, 0.25) is 0 Å². The fourth-order valence-electron chi connectivity index (χ4n) is 1.77. The van der Waals surface area contributed by atoms with Crippen LogP contribution < -0.4 is 5.32 Å². The molecule has 2 N–H and O–H groups in total. The Morgan fingerprint density at radius 1 is 1.50 bits per heavy atom. The molecule has 6 heteroatoms. The molecule has 1 aromatic rings. The van der Waals surface area contributed by atoms with Crippen molar-refractivity contribution in [2.75, 3.05) is 13.2 Å². The second kappa shape index (κ2) is 5.59. The van der Waals surface area contributed by atoms with Crippen molar-refractivity contribution in [3.05, 3.63) is 29.6 Å². The molecule has 1 fully saturated rings. The van der Waals surface area contributed by atoms with E-state index in [1.807, 2.05) is 0 Å². The van der Waals surface area contributed by atoms with Crippen LogP contribution >= 0.6 is 0 Å². The number of nitrogens with one attached hydrogen (secondary N) is 1. The van der Waals surface area contributed by atoms with Gasteiger partial charge >= 0.3 is 5.97 Å². The number of carbonyl (C=O) groups is 2. The smallest absolute Gasteiger partial charge is 0.354 e. The second-order valence-electron chi connectivity index (χ2n) is 4.08. The summed E-state index contributed by atoms with van der Waals surface area (Å²) < 4.78 is 5.38. The number of carboxylic acid groups (broad SMARTS) is 1. The number of rotatable bonds is 4. The number of ether oxygens (including phenoxy) is 1. The van der Waals surface area contributed by atoms with Gasteiger partial charge < -0.3 is 15.2 Å². The molecule has 2 heterocycles. The van der Waals surface area contributed by atoms with Crippen molar-refractivity contribution in [2.24, 2.45) is 0 Å². The quantitative estimate of drug-likeness (QED) is 0.820. The van der Waals surface area contributed by atoms with Gasteiger partial charge in [-0.2, -0.15) is 0 Å². The summed E-state index contributed by atoms with van der Waals surface area (Å²) in [6, 6.07) is 2.75. The van der Waals surface area contributed by atoms with Gasteiger partial charge in [0.15, 0.2) is 0 Å². The van der Waals surface area contributed by atoms with Gasteiger partial charge in [0.05, 0.1) is 11.7 Å². The lowest BCUT2D eigenvalue weighted by atomic mass is 10.2. The molecule has 96 valence electrons. The fourth-order valence-corrected chi connectivity index (χ4v) is 1.77. The Kier molecular flexibility index (Phi) is 3.88. The van der Waals surface area contributed by atoms with E-state index in [0.29, 0.717) is 12.1 Å². The highest BCUT2D eigenvalue weighted by atomic mass is 16.5. The van der Waals surface area contributed by atoms with Crippen molar-refractivity contribution in [3.63, 3.8) is 0 Å². The van der Waals surface area contributed by atoms with Crippen molar-refractivity contribution in [1.29, 1.82) is 0 Å². The standard InChI is InChI=1S/C12H14N2O4/c15-11(14-7-9-2-1-5-18-9)8-3-4-10(12(16)17)13-6-8/h3-4,6,9H,1-2,5,7H2,(H,14,15)(H,16,17). The van der Waals surface area contributed by atoms with Crippen LogP contribution in [0, 0.1) is 0 Å². The van der Waals surface area contributed by atoms with E-state index in [1.54, 1.807) is 0 Å². The third-order valence-corrected chi connectivity index (χ3v) is 2.76.